The van der Waals surface area contributed by atoms with Gasteiger partial charge in [-0.3, -0.25) is 14.3 Å². The molecule has 1 amide bonds. The molecule has 0 aliphatic carbocycles. The van der Waals surface area contributed by atoms with Gasteiger partial charge < -0.3 is 9.64 Å². The highest BCUT2D eigenvalue weighted by Gasteiger charge is 2.11. The van der Waals surface area contributed by atoms with Gasteiger partial charge in [-0.25, -0.2) is 0 Å². The number of carbonyl (C=O) groups excluding carboxylic acids is 2. The van der Waals surface area contributed by atoms with Gasteiger partial charge in [-0.05, 0) is 55.8 Å². The normalized spacial score (nSPS) is 11.0. The van der Waals surface area contributed by atoms with Crippen LogP contribution in [0.3, 0.4) is 0 Å². The fourth-order valence-corrected chi connectivity index (χ4v) is 3.11. The summed E-state index contributed by atoms with van der Waals surface area (Å²) in [6, 6.07) is 16.9. The first kappa shape index (κ1) is 22.0. The minimum atomic E-state index is -0.123. The topological polar surface area (TPSA) is 64.4 Å². The molecular formula is C25H27N3O3. The predicted octanol–water partition coefficient (Wildman–Crippen LogP) is 3.91. The van der Waals surface area contributed by atoms with Crippen molar-refractivity contribution in [1.29, 1.82) is 0 Å². The van der Waals surface area contributed by atoms with Crippen LogP contribution in [0.15, 0.2) is 60.7 Å². The van der Waals surface area contributed by atoms with Gasteiger partial charge in [0.05, 0.1) is 12.2 Å². The highest BCUT2D eigenvalue weighted by atomic mass is 16.5. The first-order chi connectivity index (χ1) is 14.8. The number of ketones is 1. The molecule has 0 aliphatic heterocycles. The van der Waals surface area contributed by atoms with E-state index >= 15 is 0 Å². The summed E-state index contributed by atoms with van der Waals surface area (Å²) in [5, 5.41) is 4.62. The van der Waals surface area contributed by atoms with Gasteiger partial charge >= 0.3 is 0 Å². The van der Waals surface area contributed by atoms with Crippen molar-refractivity contribution in [2.75, 3.05) is 20.7 Å². The second kappa shape index (κ2) is 9.89. The number of aromatic nitrogens is 2. The molecule has 0 radical (unpaired) electrons. The van der Waals surface area contributed by atoms with Crippen LogP contribution in [0.5, 0.6) is 5.75 Å². The van der Waals surface area contributed by atoms with E-state index in [-0.39, 0.29) is 18.3 Å². The molecule has 6 nitrogen and oxygen atoms in total. The molecule has 0 unspecified atom stereocenters. The molecule has 160 valence electrons. The first-order valence-corrected chi connectivity index (χ1v) is 10.1. The third kappa shape index (κ3) is 5.69. The second-order valence-electron chi connectivity index (χ2n) is 7.53. The molecular weight excluding hydrogens is 390 g/mol. The van der Waals surface area contributed by atoms with Crippen molar-refractivity contribution in [3.05, 3.63) is 88.8 Å². The molecule has 0 fully saturated rings. The van der Waals surface area contributed by atoms with Crippen LogP contribution in [0.4, 0.5) is 0 Å². The number of aryl methyl sites for hydroxylation is 1. The monoisotopic (exact) mass is 417 g/mol. The third-order valence-electron chi connectivity index (χ3n) is 5.01. The van der Waals surface area contributed by atoms with Crippen molar-refractivity contribution in [2.24, 2.45) is 0 Å². The number of rotatable bonds is 8. The Bertz CT molecular complexity index is 1080. The molecule has 0 bridgehead atoms. The summed E-state index contributed by atoms with van der Waals surface area (Å²) in [4.78, 5) is 25.7. The van der Waals surface area contributed by atoms with E-state index < -0.39 is 0 Å². The average Bonchev–Trinajstić information content (AvgIpc) is 3.03. The van der Waals surface area contributed by atoms with E-state index in [0.29, 0.717) is 17.9 Å². The van der Waals surface area contributed by atoms with Gasteiger partial charge in [-0.2, -0.15) is 5.10 Å². The molecule has 0 aliphatic rings. The number of nitrogens with zero attached hydrogens (tertiary/aromatic N) is 3. The van der Waals surface area contributed by atoms with Gasteiger partial charge in [0, 0.05) is 30.9 Å². The molecule has 0 saturated heterocycles. The van der Waals surface area contributed by atoms with Crippen molar-refractivity contribution in [2.45, 2.75) is 20.4 Å². The molecule has 0 atom stereocenters. The van der Waals surface area contributed by atoms with Crippen molar-refractivity contribution in [3.8, 4) is 5.75 Å². The maximum absolute atomic E-state index is 12.6. The van der Waals surface area contributed by atoms with Crippen LogP contribution in [0.2, 0.25) is 0 Å². The highest BCUT2D eigenvalue weighted by molar-refractivity contribution is 6.07. The molecule has 6 heteroatoms. The number of amides is 1. The summed E-state index contributed by atoms with van der Waals surface area (Å²) in [6.45, 7) is 4.60. The van der Waals surface area contributed by atoms with Crippen LogP contribution in [-0.2, 0) is 11.3 Å². The van der Waals surface area contributed by atoms with Crippen LogP contribution in [0.1, 0.15) is 32.9 Å². The molecule has 3 rings (SSSR count). The lowest BCUT2D eigenvalue weighted by Gasteiger charge is -2.11. The van der Waals surface area contributed by atoms with Crippen LogP contribution in [0, 0.1) is 13.8 Å². The van der Waals surface area contributed by atoms with Gasteiger partial charge in [0.1, 0.15) is 5.75 Å². The maximum Gasteiger partial charge on any atom is 0.259 e. The van der Waals surface area contributed by atoms with E-state index in [4.69, 9.17) is 4.74 Å². The summed E-state index contributed by atoms with van der Waals surface area (Å²) in [5.41, 5.74) is 4.57. The molecule has 2 aromatic carbocycles. The number of hydrogen-bond donors (Lipinski definition) is 0. The second-order valence-corrected chi connectivity index (χ2v) is 7.53. The van der Waals surface area contributed by atoms with Crippen molar-refractivity contribution in [1.82, 2.24) is 14.7 Å². The van der Waals surface area contributed by atoms with Gasteiger partial charge in [-0.15, -0.1) is 0 Å². The van der Waals surface area contributed by atoms with Crippen molar-refractivity contribution >= 4 is 17.8 Å². The van der Waals surface area contributed by atoms with Crippen molar-refractivity contribution in [3.63, 3.8) is 0 Å². The van der Waals surface area contributed by atoms with Crippen LogP contribution in [-0.4, -0.2) is 47.1 Å². The number of ether oxygens (including phenoxy) is 1. The lowest BCUT2D eigenvalue weighted by Crippen LogP contribution is -2.27. The molecule has 0 spiro atoms. The Morgan fingerprint density at radius 1 is 1.03 bits per heavy atom. The number of hydrogen-bond acceptors (Lipinski definition) is 4. The third-order valence-corrected chi connectivity index (χ3v) is 5.01. The molecule has 0 N–H and O–H groups in total. The van der Waals surface area contributed by atoms with Crippen LogP contribution >= 0.6 is 0 Å². The average molecular weight is 418 g/mol. The Hall–Kier alpha value is -3.67. The van der Waals surface area contributed by atoms with Crippen LogP contribution < -0.4 is 4.74 Å². The Morgan fingerprint density at radius 2 is 1.71 bits per heavy atom. The SMILES string of the molecule is Cc1nn(Cc2ccccc2)c(C)c1/C=C/C(=O)c1ccc(OCC(=O)N(C)C)cc1. The minimum Gasteiger partial charge on any atom is -0.484 e. The van der Waals surface area contributed by atoms with E-state index in [1.165, 1.54) is 10.5 Å². The van der Waals surface area contributed by atoms with E-state index in [1.54, 1.807) is 44.4 Å². The number of likely N-dealkylation sites (N-methyl/N-ethyl adjacent to an activating group) is 1. The Balaban J connectivity index is 1.66. The summed E-state index contributed by atoms with van der Waals surface area (Å²) in [7, 11) is 3.35. The zero-order valence-corrected chi connectivity index (χ0v) is 18.3. The molecule has 31 heavy (non-hydrogen) atoms. The fourth-order valence-electron chi connectivity index (χ4n) is 3.11. The minimum absolute atomic E-state index is 0.0360. The summed E-state index contributed by atoms with van der Waals surface area (Å²) in [6.07, 6.45) is 3.39. The molecule has 1 heterocycles. The van der Waals surface area contributed by atoms with Crippen molar-refractivity contribution < 1.29 is 14.3 Å². The van der Waals surface area contributed by atoms with E-state index in [2.05, 4.69) is 17.2 Å². The summed E-state index contributed by atoms with van der Waals surface area (Å²) in [5.74, 6) is 0.316. The van der Waals surface area contributed by atoms with E-state index in [9.17, 15) is 9.59 Å². The summed E-state index contributed by atoms with van der Waals surface area (Å²) >= 11 is 0. The summed E-state index contributed by atoms with van der Waals surface area (Å²) < 4.78 is 7.40. The zero-order chi connectivity index (χ0) is 22.4. The standard InChI is InChI=1S/C25H27N3O3/c1-18-23(19(2)28(26-18)16-20-8-6-5-7-9-20)14-15-24(29)21-10-12-22(13-11-21)31-17-25(30)27(3)4/h5-15H,16-17H2,1-4H3/b15-14+. The van der Waals surface area contributed by atoms with E-state index in [1.807, 2.05) is 42.8 Å². The Labute approximate surface area is 182 Å². The Morgan fingerprint density at radius 3 is 2.35 bits per heavy atom. The van der Waals surface area contributed by atoms with Gasteiger partial charge in [0.15, 0.2) is 12.4 Å². The molecule has 1 aromatic heterocycles. The fraction of sp³-hybridized carbons (Fsp3) is 0.240. The molecule has 0 saturated carbocycles. The number of carbonyl (C=O) groups is 2. The van der Waals surface area contributed by atoms with E-state index in [0.717, 1.165) is 17.0 Å². The number of allylic oxidation sites excluding steroid dienone is 1. The first-order valence-electron chi connectivity index (χ1n) is 10.1. The van der Waals surface area contributed by atoms with Gasteiger partial charge in [-0.1, -0.05) is 30.3 Å². The Kier molecular flexibility index (Phi) is 7.03. The van der Waals surface area contributed by atoms with Gasteiger partial charge in [0.25, 0.3) is 5.91 Å². The lowest BCUT2D eigenvalue weighted by molar-refractivity contribution is -0.130. The van der Waals surface area contributed by atoms with Crippen LogP contribution in [0.25, 0.3) is 6.08 Å². The number of benzene rings is 2. The highest BCUT2D eigenvalue weighted by Crippen LogP contribution is 2.18. The zero-order valence-electron chi connectivity index (χ0n) is 18.3. The maximum atomic E-state index is 12.6. The largest absolute Gasteiger partial charge is 0.484 e. The molecule has 3 aromatic rings. The van der Waals surface area contributed by atoms with Gasteiger partial charge in [0.2, 0.25) is 0 Å². The predicted molar refractivity (Wildman–Crippen MR) is 121 cm³/mol. The quantitative estimate of drug-likeness (QED) is 0.412. The lowest BCUT2D eigenvalue weighted by atomic mass is 10.1. The smallest absolute Gasteiger partial charge is 0.259 e.